The van der Waals surface area contributed by atoms with Gasteiger partial charge in [-0.3, -0.25) is 0 Å². The molecule has 3 rings (SSSR count). The lowest BCUT2D eigenvalue weighted by Gasteiger charge is -2.39. The quantitative estimate of drug-likeness (QED) is 0.186. The van der Waals surface area contributed by atoms with Crippen molar-refractivity contribution in [3.63, 3.8) is 0 Å². The predicted octanol–water partition coefficient (Wildman–Crippen LogP) is -0.591. The minimum Gasteiger partial charge on any atom is -0.504 e. The summed E-state index contributed by atoms with van der Waals surface area (Å²) < 4.78 is 21.3. The van der Waals surface area contributed by atoms with Crippen LogP contribution in [-0.2, 0) is 9.47 Å². The zero-order valence-corrected chi connectivity index (χ0v) is 20.0. The SMILES string of the molecule is COc1cc(C(O)C(CO)Oc2ccc(C=CCOC3OC(CO)C(O)C(O)C3O)cc2O)ccc1O. The Hall–Kier alpha value is -2.94. The highest BCUT2D eigenvalue weighted by molar-refractivity contribution is 5.55. The molecule has 8 N–H and O–H groups in total. The Morgan fingerprint density at radius 2 is 1.70 bits per heavy atom. The summed E-state index contributed by atoms with van der Waals surface area (Å²) in [7, 11) is 1.36. The van der Waals surface area contributed by atoms with Crippen LogP contribution in [-0.4, -0.2) is 105 Å². The number of phenolic OH excluding ortho intramolecular Hbond substituents is 2. The van der Waals surface area contributed by atoms with Gasteiger partial charge < -0.3 is 59.8 Å². The summed E-state index contributed by atoms with van der Waals surface area (Å²) >= 11 is 0. The lowest BCUT2D eigenvalue weighted by molar-refractivity contribution is -0.298. The number of hydrogen-bond donors (Lipinski definition) is 8. The van der Waals surface area contributed by atoms with Crippen LogP contribution in [0.25, 0.3) is 6.08 Å². The standard InChI is InChI=1S/C25H32O12/c1-34-18-10-14(5-6-15(18)28)21(30)19(11-26)36-17-7-4-13(9-16(17)29)3-2-8-35-25-24(33)23(32)22(31)20(12-27)37-25/h2-7,9-10,19-33H,8,11-12H2,1H3. The molecule has 0 radical (unpaired) electrons. The summed E-state index contributed by atoms with van der Waals surface area (Å²) in [6.45, 7) is -1.19. The van der Waals surface area contributed by atoms with Crippen molar-refractivity contribution in [3.05, 3.63) is 53.6 Å². The third-order valence-corrected chi connectivity index (χ3v) is 5.85. The Balaban J connectivity index is 1.59. The van der Waals surface area contributed by atoms with Crippen molar-refractivity contribution < 1.29 is 59.8 Å². The van der Waals surface area contributed by atoms with Crippen LogP contribution < -0.4 is 9.47 Å². The fourth-order valence-electron chi connectivity index (χ4n) is 3.73. The van der Waals surface area contributed by atoms with E-state index in [-0.39, 0.29) is 29.6 Å². The first-order valence-corrected chi connectivity index (χ1v) is 11.4. The lowest BCUT2D eigenvalue weighted by Crippen LogP contribution is -2.59. The molecule has 2 aromatic rings. The Labute approximate surface area is 212 Å². The van der Waals surface area contributed by atoms with Crippen molar-refractivity contribution in [2.75, 3.05) is 26.9 Å². The monoisotopic (exact) mass is 524 g/mol. The number of ether oxygens (including phenoxy) is 4. The van der Waals surface area contributed by atoms with Gasteiger partial charge in [0.1, 0.15) is 30.5 Å². The molecule has 0 amide bonds. The number of rotatable bonds is 11. The summed E-state index contributed by atoms with van der Waals surface area (Å²) in [6.07, 6.45) is -6.15. The van der Waals surface area contributed by atoms with Crippen LogP contribution in [0.4, 0.5) is 0 Å². The van der Waals surface area contributed by atoms with E-state index in [4.69, 9.17) is 18.9 Å². The number of aromatic hydroxyl groups is 2. The largest absolute Gasteiger partial charge is 0.504 e. The lowest BCUT2D eigenvalue weighted by atomic mass is 9.99. The third kappa shape index (κ3) is 6.89. The van der Waals surface area contributed by atoms with E-state index in [0.717, 1.165) is 0 Å². The first kappa shape index (κ1) is 28.6. The van der Waals surface area contributed by atoms with E-state index in [1.807, 2.05) is 0 Å². The van der Waals surface area contributed by atoms with Crippen molar-refractivity contribution in [3.8, 4) is 23.0 Å². The zero-order valence-electron chi connectivity index (χ0n) is 20.0. The summed E-state index contributed by atoms with van der Waals surface area (Å²) in [4.78, 5) is 0. The molecule has 1 heterocycles. The van der Waals surface area contributed by atoms with E-state index in [9.17, 15) is 40.9 Å². The minimum absolute atomic E-state index is 0.0126. The summed E-state index contributed by atoms with van der Waals surface area (Å²) in [5.41, 5.74) is 0.874. The maximum Gasteiger partial charge on any atom is 0.187 e. The second kappa shape index (κ2) is 13.0. The molecule has 0 saturated carbocycles. The number of aliphatic hydroxyl groups is 6. The Bertz CT molecular complexity index is 1040. The molecule has 1 aliphatic rings. The van der Waals surface area contributed by atoms with Crippen LogP contribution in [0.2, 0.25) is 0 Å². The van der Waals surface area contributed by atoms with Crippen LogP contribution in [0.5, 0.6) is 23.0 Å². The van der Waals surface area contributed by atoms with Crippen molar-refractivity contribution in [1.82, 2.24) is 0 Å². The molecule has 0 spiro atoms. The third-order valence-electron chi connectivity index (χ3n) is 5.85. The van der Waals surface area contributed by atoms with Gasteiger partial charge in [-0.2, -0.15) is 0 Å². The number of methoxy groups -OCH3 is 1. The molecule has 0 aliphatic carbocycles. The Morgan fingerprint density at radius 3 is 2.35 bits per heavy atom. The van der Waals surface area contributed by atoms with Gasteiger partial charge in [0.25, 0.3) is 0 Å². The highest BCUT2D eigenvalue weighted by Crippen LogP contribution is 2.33. The maximum atomic E-state index is 10.6. The first-order chi connectivity index (χ1) is 17.7. The van der Waals surface area contributed by atoms with Gasteiger partial charge in [0.2, 0.25) is 0 Å². The van der Waals surface area contributed by atoms with Gasteiger partial charge in [-0.15, -0.1) is 0 Å². The van der Waals surface area contributed by atoms with Crippen LogP contribution in [0, 0.1) is 0 Å². The van der Waals surface area contributed by atoms with Crippen molar-refractivity contribution in [1.29, 1.82) is 0 Å². The van der Waals surface area contributed by atoms with Gasteiger partial charge >= 0.3 is 0 Å². The van der Waals surface area contributed by atoms with E-state index in [1.54, 1.807) is 18.2 Å². The predicted molar refractivity (Wildman–Crippen MR) is 128 cm³/mol. The highest BCUT2D eigenvalue weighted by Gasteiger charge is 2.43. The molecule has 0 bridgehead atoms. The normalized spacial score (nSPS) is 25.6. The average Bonchev–Trinajstić information content (AvgIpc) is 2.90. The van der Waals surface area contributed by atoms with E-state index in [2.05, 4.69) is 0 Å². The summed E-state index contributed by atoms with van der Waals surface area (Å²) in [6, 6.07) is 8.63. The van der Waals surface area contributed by atoms with E-state index >= 15 is 0 Å². The highest BCUT2D eigenvalue weighted by atomic mass is 16.7. The van der Waals surface area contributed by atoms with Gasteiger partial charge in [-0.25, -0.2) is 0 Å². The molecule has 7 unspecified atom stereocenters. The molecule has 204 valence electrons. The van der Waals surface area contributed by atoms with Crippen LogP contribution in [0.1, 0.15) is 17.2 Å². The number of aliphatic hydroxyl groups excluding tert-OH is 6. The summed E-state index contributed by atoms with van der Waals surface area (Å²) in [5, 5.41) is 79.3. The van der Waals surface area contributed by atoms with Crippen LogP contribution in [0.3, 0.4) is 0 Å². The minimum atomic E-state index is -1.54. The molecule has 1 aliphatic heterocycles. The molecule has 7 atom stereocenters. The zero-order chi connectivity index (χ0) is 27.1. The van der Waals surface area contributed by atoms with Gasteiger partial charge in [-0.1, -0.05) is 24.3 Å². The average molecular weight is 525 g/mol. The summed E-state index contributed by atoms with van der Waals surface area (Å²) in [5.74, 6) is -0.216. The Kier molecular flexibility index (Phi) is 10.1. The molecule has 37 heavy (non-hydrogen) atoms. The second-order valence-electron chi connectivity index (χ2n) is 8.38. The van der Waals surface area contributed by atoms with Gasteiger partial charge in [0.15, 0.2) is 35.4 Å². The smallest absolute Gasteiger partial charge is 0.187 e. The molecule has 12 nitrogen and oxygen atoms in total. The van der Waals surface area contributed by atoms with Crippen LogP contribution >= 0.6 is 0 Å². The van der Waals surface area contributed by atoms with E-state index < -0.39 is 56.1 Å². The van der Waals surface area contributed by atoms with Gasteiger partial charge in [0, 0.05) is 0 Å². The number of benzene rings is 2. The topological polar surface area (TPSA) is 199 Å². The van der Waals surface area contributed by atoms with Crippen LogP contribution in [0.15, 0.2) is 42.5 Å². The fraction of sp³-hybridized carbons (Fsp3) is 0.440. The maximum absolute atomic E-state index is 10.6. The fourth-order valence-corrected chi connectivity index (χ4v) is 3.73. The van der Waals surface area contributed by atoms with Gasteiger partial charge in [-0.05, 0) is 35.4 Å². The van der Waals surface area contributed by atoms with Crippen molar-refractivity contribution in [2.24, 2.45) is 0 Å². The second-order valence-corrected chi connectivity index (χ2v) is 8.38. The van der Waals surface area contributed by atoms with Gasteiger partial charge in [0.05, 0.1) is 26.9 Å². The van der Waals surface area contributed by atoms with Crippen molar-refractivity contribution >= 4 is 6.08 Å². The Morgan fingerprint density at radius 1 is 0.946 bits per heavy atom. The molecule has 1 saturated heterocycles. The molecule has 1 fully saturated rings. The van der Waals surface area contributed by atoms with E-state index in [0.29, 0.717) is 11.1 Å². The molecule has 12 heteroatoms. The van der Waals surface area contributed by atoms with E-state index in [1.165, 1.54) is 37.4 Å². The first-order valence-electron chi connectivity index (χ1n) is 11.4. The molecular weight excluding hydrogens is 492 g/mol. The molecule has 0 aromatic heterocycles. The number of hydrogen-bond acceptors (Lipinski definition) is 12. The molecule has 2 aromatic carbocycles. The molecular formula is C25H32O12. The number of phenols is 2. The van der Waals surface area contributed by atoms with Crippen molar-refractivity contribution in [2.45, 2.75) is 42.9 Å².